The average molecular weight is 495 g/mol. The lowest BCUT2D eigenvalue weighted by Gasteiger charge is -2.25. The zero-order chi connectivity index (χ0) is 25.6. The minimum Gasteiger partial charge on any atom is -0.496 e. The molecule has 1 amide bonds. The first-order chi connectivity index (χ1) is 16.6. The predicted octanol–water partition coefficient (Wildman–Crippen LogP) is 4.73. The van der Waals surface area contributed by atoms with Gasteiger partial charge in [-0.2, -0.15) is 4.31 Å². The van der Waals surface area contributed by atoms with Gasteiger partial charge in [-0.3, -0.25) is 4.79 Å². The summed E-state index contributed by atoms with van der Waals surface area (Å²) in [6, 6.07) is 20.5. The molecule has 0 heterocycles. The van der Waals surface area contributed by atoms with Gasteiger partial charge in [-0.15, -0.1) is 0 Å². The van der Waals surface area contributed by atoms with Gasteiger partial charge in [0.15, 0.2) is 0 Å². The number of carbonyl (C=O) groups excluding carboxylic acids is 1. The number of benzene rings is 3. The Hall–Kier alpha value is -3.16. The lowest BCUT2D eigenvalue weighted by atomic mass is 10.1. The molecule has 186 valence electrons. The molecule has 3 rings (SSSR count). The molecule has 1 unspecified atom stereocenters. The number of aryl methyl sites for hydroxylation is 3. The van der Waals surface area contributed by atoms with E-state index in [9.17, 15) is 13.2 Å². The standard InChI is InChI=1S/C28H34N2O4S/c1-20-17-21(2)28(22(3)18-20)35(32,33)30(16-15-24-11-7-6-8-12-24)19-27(31)29-23(4)25-13-9-10-14-26(25)34-5/h6-14,17-18,23H,15-16,19H2,1-5H3,(H,29,31). The first-order valence-corrected chi connectivity index (χ1v) is 13.1. The minimum atomic E-state index is -3.91. The molecule has 0 saturated heterocycles. The molecular weight excluding hydrogens is 460 g/mol. The van der Waals surface area contributed by atoms with Crippen LogP contribution in [0.4, 0.5) is 0 Å². The monoisotopic (exact) mass is 494 g/mol. The summed E-state index contributed by atoms with van der Waals surface area (Å²) in [4.78, 5) is 13.4. The molecule has 0 spiro atoms. The predicted molar refractivity (Wildman–Crippen MR) is 139 cm³/mol. The molecule has 0 fully saturated rings. The second-order valence-electron chi connectivity index (χ2n) is 8.83. The number of hydrogen-bond acceptors (Lipinski definition) is 4. The summed E-state index contributed by atoms with van der Waals surface area (Å²) >= 11 is 0. The smallest absolute Gasteiger partial charge is 0.244 e. The number of hydrogen-bond donors (Lipinski definition) is 1. The highest BCUT2D eigenvalue weighted by atomic mass is 32.2. The van der Waals surface area contributed by atoms with Crippen LogP contribution in [0, 0.1) is 20.8 Å². The highest BCUT2D eigenvalue weighted by Gasteiger charge is 2.30. The Kier molecular flexibility index (Phi) is 8.70. The third-order valence-electron chi connectivity index (χ3n) is 6.00. The lowest BCUT2D eigenvalue weighted by molar-refractivity contribution is -0.121. The first-order valence-electron chi connectivity index (χ1n) is 11.7. The van der Waals surface area contributed by atoms with Crippen LogP contribution in [-0.4, -0.2) is 38.8 Å². The van der Waals surface area contributed by atoms with Crippen LogP contribution in [0.3, 0.4) is 0 Å². The fraction of sp³-hybridized carbons (Fsp3) is 0.321. The van der Waals surface area contributed by atoms with Gasteiger partial charge in [0.2, 0.25) is 15.9 Å². The highest BCUT2D eigenvalue weighted by molar-refractivity contribution is 7.89. The molecule has 3 aromatic rings. The molecule has 0 bridgehead atoms. The molecule has 0 radical (unpaired) electrons. The van der Waals surface area contributed by atoms with Gasteiger partial charge in [-0.25, -0.2) is 8.42 Å². The van der Waals surface area contributed by atoms with Crippen LogP contribution in [0.1, 0.15) is 40.8 Å². The summed E-state index contributed by atoms with van der Waals surface area (Å²) in [5, 5.41) is 2.94. The van der Waals surface area contributed by atoms with Crippen molar-refractivity contribution in [3.63, 3.8) is 0 Å². The molecule has 0 aliphatic rings. The number of carbonyl (C=O) groups is 1. The second kappa shape index (κ2) is 11.5. The quantitative estimate of drug-likeness (QED) is 0.442. The number of rotatable bonds is 10. The second-order valence-corrected chi connectivity index (χ2v) is 10.7. The number of amides is 1. The molecule has 0 aliphatic carbocycles. The van der Waals surface area contributed by atoms with Crippen molar-refractivity contribution in [1.29, 1.82) is 0 Å². The molecule has 0 aromatic heterocycles. The number of methoxy groups -OCH3 is 1. The Morgan fingerprint density at radius 2 is 1.57 bits per heavy atom. The Balaban J connectivity index is 1.87. The van der Waals surface area contributed by atoms with E-state index in [0.29, 0.717) is 23.3 Å². The van der Waals surface area contributed by atoms with Gasteiger partial charge in [0.05, 0.1) is 24.6 Å². The first kappa shape index (κ1) is 26.4. The Morgan fingerprint density at radius 3 is 2.20 bits per heavy atom. The maximum atomic E-state index is 13.8. The van der Waals surface area contributed by atoms with E-state index in [-0.39, 0.29) is 29.9 Å². The van der Waals surface area contributed by atoms with Crippen LogP contribution in [0.5, 0.6) is 5.75 Å². The molecule has 3 aromatic carbocycles. The number of nitrogens with one attached hydrogen (secondary N) is 1. The topological polar surface area (TPSA) is 75.7 Å². The molecule has 0 aliphatic heterocycles. The molecular formula is C28H34N2O4S. The third-order valence-corrected chi connectivity index (χ3v) is 8.15. The van der Waals surface area contributed by atoms with Gasteiger partial charge in [-0.05, 0) is 56.9 Å². The lowest BCUT2D eigenvalue weighted by Crippen LogP contribution is -2.42. The van der Waals surface area contributed by atoms with Crippen LogP contribution in [-0.2, 0) is 21.2 Å². The minimum absolute atomic E-state index is 0.190. The van der Waals surface area contributed by atoms with E-state index in [2.05, 4.69) is 5.32 Å². The molecule has 7 heteroatoms. The molecule has 35 heavy (non-hydrogen) atoms. The molecule has 6 nitrogen and oxygen atoms in total. The van der Waals surface area contributed by atoms with Crippen LogP contribution in [0.15, 0.2) is 71.6 Å². The largest absolute Gasteiger partial charge is 0.496 e. The third kappa shape index (κ3) is 6.50. The fourth-order valence-corrected chi connectivity index (χ4v) is 6.24. The van der Waals surface area contributed by atoms with E-state index in [1.54, 1.807) is 21.0 Å². The van der Waals surface area contributed by atoms with Gasteiger partial charge in [0, 0.05) is 12.1 Å². The Bertz CT molecular complexity index is 1250. The number of ether oxygens (including phenoxy) is 1. The average Bonchev–Trinajstić information content (AvgIpc) is 2.81. The Labute approximate surface area is 209 Å². The molecule has 0 saturated carbocycles. The normalized spacial score (nSPS) is 12.4. The van der Waals surface area contributed by atoms with E-state index in [1.165, 1.54) is 4.31 Å². The van der Waals surface area contributed by atoms with Crippen LogP contribution < -0.4 is 10.1 Å². The van der Waals surface area contributed by atoms with Gasteiger partial charge >= 0.3 is 0 Å². The summed E-state index contributed by atoms with van der Waals surface area (Å²) in [5.74, 6) is 0.294. The Morgan fingerprint density at radius 1 is 0.971 bits per heavy atom. The number of nitrogens with zero attached hydrogens (tertiary/aromatic N) is 1. The van der Waals surface area contributed by atoms with Crippen LogP contribution in [0.25, 0.3) is 0 Å². The van der Waals surface area contributed by atoms with E-state index in [1.807, 2.05) is 80.6 Å². The zero-order valence-electron chi connectivity index (χ0n) is 21.0. The maximum absolute atomic E-state index is 13.8. The van der Waals surface area contributed by atoms with Crippen molar-refractivity contribution in [2.24, 2.45) is 0 Å². The van der Waals surface area contributed by atoms with Gasteiger partial charge in [-0.1, -0.05) is 66.2 Å². The zero-order valence-corrected chi connectivity index (χ0v) is 21.9. The van der Waals surface area contributed by atoms with Crippen molar-refractivity contribution >= 4 is 15.9 Å². The van der Waals surface area contributed by atoms with E-state index in [4.69, 9.17) is 4.74 Å². The van der Waals surface area contributed by atoms with E-state index >= 15 is 0 Å². The molecule has 1 N–H and O–H groups in total. The van der Waals surface area contributed by atoms with Crippen LogP contribution in [0.2, 0.25) is 0 Å². The highest BCUT2D eigenvalue weighted by Crippen LogP contribution is 2.27. The van der Waals surface area contributed by atoms with Crippen molar-refractivity contribution in [1.82, 2.24) is 9.62 Å². The summed E-state index contributed by atoms with van der Waals surface area (Å²) in [6.07, 6.45) is 0.499. The van der Waals surface area contributed by atoms with Crippen molar-refractivity contribution in [2.75, 3.05) is 20.2 Å². The van der Waals surface area contributed by atoms with Crippen molar-refractivity contribution in [3.05, 3.63) is 94.5 Å². The van der Waals surface area contributed by atoms with Crippen molar-refractivity contribution in [2.45, 2.75) is 45.1 Å². The van der Waals surface area contributed by atoms with Crippen LogP contribution >= 0.6 is 0 Å². The number of sulfonamides is 1. The summed E-state index contributed by atoms with van der Waals surface area (Å²) in [5.41, 5.74) is 4.18. The number of para-hydroxylation sites is 1. The maximum Gasteiger partial charge on any atom is 0.244 e. The van der Waals surface area contributed by atoms with Gasteiger partial charge in [0.1, 0.15) is 5.75 Å². The van der Waals surface area contributed by atoms with E-state index < -0.39 is 10.0 Å². The van der Waals surface area contributed by atoms with Crippen molar-refractivity contribution < 1.29 is 17.9 Å². The summed E-state index contributed by atoms with van der Waals surface area (Å²) in [7, 11) is -2.33. The van der Waals surface area contributed by atoms with Gasteiger partial charge < -0.3 is 10.1 Å². The van der Waals surface area contributed by atoms with E-state index in [0.717, 1.165) is 16.7 Å². The van der Waals surface area contributed by atoms with Crippen molar-refractivity contribution in [3.8, 4) is 5.75 Å². The summed E-state index contributed by atoms with van der Waals surface area (Å²) in [6.45, 7) is 7.30. The fourth-order valence-electron chi connectivity index (χ4n) is 4.43. The summed E-state index contributed by atoms with van der Waals surface area (Å²) < 4.78 is 34.3. The van der Waals surface area contributed by atoms with Gasteiger partial charge in [0.25, 0.3) is 0 Å². The SMILES string of the molecule is COc1ccccc1C(C)NC(=O)CN(CCc1ccccc1)S(=O)(=O)c1c(C)cc(C)cc1C. The molecule has 1 atom stereocenters.